The third kappa shape index (κ3) is 5.59. The smallest absolute Gasteiger partial charge is 0.259 e. The minimum atomic E-state index is -0.512. The Morgan fingerprint density at radius 3 is 2.51 bits per heavy atom. The van der Waals surface area contributed by atoms with Crippen molar-refractivity contribution in [2.75, 3.05) is 36.4 Å². The average molecular weight is 583 g/mol. The van der Waals surface area contributed by atoms with Gasteiger partial charge in [0.05, 0.1) is 40.3 Å². The molecule has 43 heavy (non-hydrogen) atoms. The molecular formula is C33H35FN6O3. The van der Waals surface area contributed by atoms with Gasteiger partial charge in [-0.05, 0) is 92.8 Å². The summed E-state index contributed by atoms with van der Waals surface area (Å²) in [7, 11) is 0. The number of halogens is 1. The maximum Gasteiger partial charge on any atom is 0.259 e. The fourth-order valence-corrected chi connectivity index (χ4v) is 6.31. The Hall–Kier alpha value is -4.31. The lowest BCUT2D eigenvalue weighted by Gasteiger charge is -2.31. The van der Waals surface area contributed by atoms with Crippen molar-refractivity contribution in [1.82, 2.24) is 19.9 Å². The Balaban J connectivity index is 1.24. The highest BCUT2D eigenvalue weighted by atomic mass is 19.1. The van der Waals surface area contributed by atoms with Crippen LogP contribution in [-0.4, -0.2) is 63.1 Å². The number of carbonyl (C=O) groups is 1. The summed E-state index contributed by atoms with van der Waals surface area (Å²) in [5, 5.41) is 13.4. The van der Waals surface area contributed by atoms with Crippen molar-refractivity contribution in [3.05, 3.63) is 76.1 Å². The number of pyridine rings is 3. The first kappa shape index (κ1) is 27.5. The van der Waals surface area contributed by atoms with Crippen LogP contribution in [0, 0.1) is 5.82 Å². The molecule has 0 radical (unpaired) electrons. The molecule has 0 atom stereocenters. The molecule has 1 saturated carbocycles. The molecule has 222 valence electrons. The van der Waals surface area contributed by atoms with E-state index in [0.29, 0.717) is 52.3 Å². The Kier molecular flexibility index (Phi) is 7.30. The highest BCUT2D eigenvalue weighted by Crippen LogP contribution is 2.44. The summed E-state index contributed by atoms with van der Waals surface area (Å²) in [6.45, 7) is 2.94. The summed E-state index contributed by atoms with van der Waals surface area (Å²) in [4.78, 5) is 42.4. The normalized spacial score (nSPS) is 17.8. The number of likely N-dealkylation sites (tertiary alicyclic amines) is 1. The highest BCUT2D eigenvalue weighted by molar-refractivity contribution is 5.98. The van der Waals surface area contributed by atoms with Crippen molar-refractivity contribution in [3.8, 4) is 11.3 Å². The summed E-state index contributed by atoms with van der Waals surface area (Å²) in [5.74, 6) is 0.156. The summed E-state index contributed by atoms with van der Waals surface area (Å²) in [6, 6.07) is 10.4. The number of hydrogen-bond acceptors (Lipinski definition) is 7. The first-order chi connectivity index (χ1) is 20.9. The van der Waals surface area contributed by atoms with Crippen LogP contribution in [0.2, 0.25) is 0 Å². The number of hydrogen-bond donors (Lipinski definition) is 3. The molecule has 0 spiro atoms. The number of carbonyl (C=O) groups excluding carboxylic acids is 1. The van der Waals surface area contributed by atoms with Gasteiger partial charge in [-0.2, -0.15) is 0 Å². The number of aromatic amines is 1. The van der Waals surface area contributed by atoms with Crippen molar-refractivity contribution < 1.29 is 14.3 Å². The zero-order valence-corrected chi connectivity index (χ0v) is 24.0. The lowest BCUT2D eigenvalue weighted by Crippen LogP contribution is -2.36. The van der Waals surface area contributed by atoms with Gasteiger partial charge in [0, 0.05) is 43.5 Å². The summed E-state index contributed by atoms with van der Waals surface area (Å²) in [6.07, 6.45) is 9.49. The number of anilines is 3. The van der Waals surface area contributed by atoms with Crippen molar-refractivity contribution in [2.24, 2.45) is 0 Å². The topological polar surface area (TPSA) is 114 Å². The number of amides is 1. The van der Waals surface area contributed by atoms with E-state index in [4.69, 9.17) is 4.98 Å². The van der Waals surface area contributed by atoms with Gasteiger partial charge in [-0.3, -0.25) is 9.59 Å². The van der Waals surface area contributed by atoms with E-state index in [-0.39, 0.29) is 23.5 Å². The maximum absolute atomic E-state index is 15.9. The molecule has 2 aliphatic heterocycles. The zero-order chi connectivity index (χ0) is 29.5. The van der Waals surface area contributed by atoms with Gasteiger partial charge in [-0.15, -0.1) is 0 Å². The fraction of sp³-hybridized carbons (Fsp3) is 0.394. The first-order valence-electron chi connectivity index (χ1n) is 15.3. The van der Waals surface area contributed by atoms with Gasteiger partial charge in [0.2, 0.25) is 0 Å². The van der Waals surface area contributed by atoms with Crippen LogP contribution in [0.4, 0.5) is 21.6 Å². The molecule has 2 saturated heterocycles. The third-order valence-electron chi connectivity index (χ3n) is 8.88. The van der Waals surface area contributed by atoms with E-state index < -0.39 is 5.82 Å². The van der Waals surface area contributed by atoms with E-state index in [9.17, 15) is 14.7 Å². The molecule has 3 fully saturated rings. The molecule has 10 heteroatoms. The molecule has 1 aromatic carbocycles. The third-order valence-corrected chi connectivity index (χ3v) is 8.88. The Morgan fingerprint density at radius 1 is 1.00 bits per heavy atom. The van der Waals surface area contributed by atoms with Crippen molar-refractivity contribution in [1.29, 1.82) is 0 Å². The van der Waals surface area contributed by atoms with E-state index in [2.05, 4.69) is 20.2 Å². The monoisotopic (exact) mass is 582 g/mol. The summed E-state index contributed by atoms with van der Waals surface area (Å²) < 4.78 is 15.9. The van der Waals surface area contributed by atoms with Crippen LogP contribution >= 0.6 is 0 Å². The van der Waals surface area contributed by atoms with Crippen molar-refractivity contribution in [2.45, 2.75) is 57.0 Å². The predicted molar refractivity (Wildman–Crippen MR) is 164 cm³/mol. The molecule has 1 amide bonds. The van der Waals surface area contributed by atoms with E-state index in [1.807, 2.05) is 17.0 Å². The second-order valence-corrected chi connectivity index (χ2v) is 11.9. The lowest BCUT2D eigenvalue weighted by atomic mass is 9.96. The van der Waals surface area contributed by atoms with Crippen molar-refractivity contribution in [3.63, 3.8) is 0 Å². The number of nitrogens with one attached hydrogen (secondary N) is 2. The fourth-order valence-electron chi connectivity index (χ4n) is 6.31. The van der Waals surface area contributed by atoms with E-state index >= 15 is 4.39 Å². The van der Waals surface area contributed by atoms with Gasteiger partial charge in [0.1, 0.15) is 11.6 Å². The van der Waals surface area contributed by atoms with E-state index in [1.54, 1.807) is 24.4 Å². The average Bonchev–Trinajstić information content (AvgIpc) is 3.87. The standard InChI is InChI=1S/C33H35FN6O3/c34-26-17-24(33(43)40-12-2-1-3-13-40)23(20-4-5-20)16-25(26)28-18-29(31-27(37-28)8-11-35-32(31)42)38-30-7-6-21(19-36-30)39-14-9-22(41)10-15-39/h6-8,11,16-20,22,41H,1-5,9-10,12-15H2,(H,35,42)(H,36,37,38). The van der Waals surface area contributed by atoms with Gasteiger partial charge in [-0.25, -0.2) is 14.4 Å². The number of aliphatic hydroxyl groups excluding tert-OH is 1. The Morgan fingerprint density at radius 2 is 1.79 bits per heavy atom. The van der Waals surface area contributed by atoms with Gasteiger partial charge < -0.3 is 25.2 Å². The molecule has 3 aliphatic rings. The largest absolute Gasteiger partial charge is 0.393 e. The Bertz CT molecular complexity index is 1720. The molecule has 0 unspecified atom stereocenters. The number of H-pyrrole nitrogens is 1. The van der Waals surface area contributed by atoms with Crippen molar-refractivity contribution >= 4 is 34.0 Å². The Labute approximate surface area is 248 Å². The zero-order valence-electron chi connectivity index (χ0n) is 24.0. The maximum atomic E-state index is 15.9. The summed E-state index contributed by atoms with van der Waals surface area (Å²) in [5.41, 5.74) is 3.54. The number of fused-ring (bicyclic) bond motifs is 1. The number of piperidine rings is 2. The van der Waals surface area contributed by atoms with Crippen LogP contribution in [0.15, 0.2) is 53.6 Å². The molecule has 7 rings (SSSR count). The van der Waals surface area contributed by atoms with Crippen LogP contribution in [0.25, 0.3) is 22.2 Å². The van der Waals surface area contributed by atoms with E-state index in [1.165, 1.54) is 12.3 Å². The van der Waals surface area contributed by atoms with Gasteiger partial charge in [0.25, 0.3) is 11.5 Å². The molecule has 1 aliphatic carbocycles. The number of aliphatic hydroxyl groups is 1. The van der Waals surface area contributed by atoms with Gasteiger partial charge >= 0.3 is 0 Å². The highest BCUT2D eigenvalue weighted by Gasteiger charge is 2.32. The lowest BCUT2D eigenvalue weighted by molar-refractivity contribution is 0.0722. The molecule has 4 aromatic rings. The molecule has 3 aromatic heterocycles. The SMILES string of the molecule is O=C(c1cc(F)c(-c2cc(Nc3ccc(N4CCC(O)CC4)cn3)c3c(=O)[nH]ccc3n2)cc1C1CC1)N1CCCCC1. The number of nitrogens with zero attached hydrogens (tertiary/aromatic N) is 4. The molecule has 9 nitrogen and oxygen atoms in total. The number of aromatic nitrogens is 3. The summed E-state index contributed by atoms with van der Waals surface area (Å²) >= 11 is 0. The minimum absolute atomic E-state index is 0.0948. The van der Waals surface area contributed by atoms with Crippen LogP contribution in [0.3, 0.4) is 0 Å². The molecular weight excluding hydrogens is 547 g/mol. The van der Waals surface area contributed by atoms with Crippen LogP contribution < -0.4 is 15.8 Å². The van der Waals surface area contributed by atoms with E-state index in [0.717, 1.165) is 69.3 Å². The quantitative estimate of drug-likeness (QED) is 0.282. The minimum Gasteiger partial charge on any atom is -0.393 e. The van der Waals surface area contributed by atoms with Gasteiger partial charge in [-0.1, -0.05) is 0 Å². The molecule has 5 heterocycles. The van der Waals surface area contributed by atoms with Crippen LogP contribution in [0.1, 0.15) is 66.8 Å². The predicted octanol–water partition coefficient (Wildman–Crippen LogP) is 5.33. The molecule has 0 bridgehead atoms. The van der Waals surface area contributed by atoms with Gasteiger partial charge in [0.15, 0.2) is 0 Å². The number of benzene rings is 1. The molecule has 3 N–H and O–H groups in total. The van der Waals surface area contributed by atoms with Crippen LogP contribution in [0.5, 0.6) is 0 Å². The first-order valence-corrected chi connectivity index (χ1v) is 15.3. The number of rotatable bonds is 6. The second kappa shape index (κ2) is 11.4. The van der Waals surface area contributed by atoms with Crippen LogP contribution in [-0.2, 0) is 0 Å². The second-order valence-electron chi connectivity index (χ2n) is 11.9.